The molecule has 2 aromatic carbocycles. The third-order valence-electron chi connectivity index (χ3n) is 4.12. The van der Waals surface area contributed by atoms with Gasteiger partial charge in [0.1, 0.15) is 11.6 Å². The van der Waals surface area contributed by atoms with Crippen LogP contribution in [-0.4, -0.2) is 26.1 Å². The number of rotatable bonds is 7. The van der Waals surface area contributed by atoms with Gasteiger partial charge in [0.15, 0.2) is 11.5 Å². The number of hydrogen-bond acceptors (Lipinski definition) is 6. The zero-order valence-electron chi connectivity index (χ0n) is 17.0. The first kappa shape index (κ1) is 22.8. The summed E-state index contributed by atoms with van der Waals surface area (Å²) >= 11 is 6.17. The van der Waals surface area contributed by atoms with Gasteiger partial charge in [0.25, 0.3) is 5.91 Å². The summed E-state index contributed by atoms with van der Waals surface area (Å²) in [6, 6.07) is 11.7. The molecule has 0 aliphatic heterocycles. The first-order valence-corrected chi connectivity index (χ1v) is 9.30. The minimum absolute atomic E-state index is 0.111. The fourth-order valence-electron chi connectivity index (χ4n) is 2.72. The van der Waals surface area contributed by atoms with Gasteiger partial charge in [-0.1, -0.05) is 29.8 Å². The van der Waals surface area contributed by atoms with Crippen LogP contribution in [0.1, 0.15) is 31.0 Å². The Labute approximate surface area is 179 Å². The van der Waals surface area contributed by atoms with Crippen LogP contribution in [0, 0.1) is 11.3 Å². The molecule has 0 aliphatic rings. The van der Waals surface area contributed by atoms with Crippen LogP contribution in [0.25, 0.3) is 6.08 Å². The Morgan fingerprint density at radius 3 is 2.27 bits per heavy atom. The Morgan fingerprint density at radius 1 is 1.17 bits per heavy atom. The molecule has 7 nitrogen and oxygen atoms in total. The predicted octanol–water partition coefficient (Wildman–Crippen LogP) is 4.07. The SMILES string of the molecule is COc1cc(/C=C(\C#N)C(=O)N[C@@H](C)c2ccccc2Cl)cc(OC)c1OC(C)=O. The number of carbonyl (C=O) groups is 2. The van der Waals surface area contributed by atoms with Crippen molar-refractivity contribution in [3.63, 3.8) is 0 Å². The second-order valence-electron chi connectivity index (χ2n) is 6.23. The van der Waals surface area contributed by atoms with Crippen molar-refractivity contribution in [1.29, 1.82) is 5.26 Å². The van der Waals surface area contributed by atoms with E-state index >= 15 is 0 Å². The summed E-state index contributed by atoms with van der Waals surface area (Å²) in [7, 11) is 2.80. The van der Waals surface area contributed by atoms with Crippen LogP contribution in [-0.2, 0) is 9.59 Å². The average molecular weight is 429 g/mol. The van der Waals surface area contributed by atoms with Crippen molar-refractivity contribution in [2.75, 3.05) is 14.2 Å². The molecule has 0 saturated carbocycles. The van der Waals surface area contributed by atoms with E-state index in [9.17, 15) is 14.9 Å². The van der Waals surface area contributed by atoms with E-state index in [-0.39, 0.29) is 22.8 Å². The summed E-state index contributed by atoms with van der Waals surface area (Å²) < 4.78 is 15.7. The maximum absolute atomic E-state index is 12.6. The summed E-state index contributed by atoms with van der Waals surface area (Å²) in [5.41, 5.74) is 1.06. The van der Waals surface area contributed by atoms with Crippen molar-refractivity contribution in [3.05, 3.63) is 58.1 Å². The number of nitrogens with one attached hydrogen (secondary N) is 1. The Balaban J connectivity index is 2.35. The monoisotopic (exact) mass is 428 g/mol. The van der Waals surface area contributed by atoms with Gasteiger partial charge < -0.3 is 19.5 Å². The van der Waals surface area contributed by atoms with E-state index in [0.29, 0.717) is 10.6 Å². The molecule has 156 valence electrons. The predicted molar refractivity (Wildman–Crippen MR) is 112 cm³/mol. The van der Waals surface area contributed by atoms with E-state index in [0.717, 1.165) is 5.56 Å². The number of hydrogen-bond donors (Lipinski definition) is 1. The minimum Gasteiger partial charge on any atom is -0.493 e. The van der Waals surface area contributed by atoms with Gasteiger partial charge in [-0.2, -0.15) is 5.26 Å². The fraction of sp³-hybridized carbons (Fsp3) is 0.227. The van der Waals surface area contributed by atoms with Crippen molar-refractivity contribution in [2.45, 2.75) is 19.9 Å². The summed E-state index contributed by atoms with van der Waals surface area (Å²) in [4.78, 5) is 24.0. The number of nitrogens with zero attached hydrogens (tertiary/aromatic N) is 1. The number of carbonyl (C=O) groups excluding carboxylic acids is 2. The highest BCUT2D eigenvalue weighted by Crippen LogP contribution is 2.39. The third-order valence-corrected chi connectivity index (χ3v) is 4.47. The molecule has 0 bridgehead atoms. The molecule has 0 saturated heterocycles. The zero-order chi connectivity index (χ0) is 22.3. The van der Waals surface area contributed by atoms with Crippen molar-refractivity contribution in [3.8, 4) is 23.3 Å². The van der Waals surface area contributed by atoms with Crippen LogP contribution in [0.2, 0.25) is 5.02 Å². The third kappa shape index (κ3) is 5.52. The summed E-state index contributed by atoms with van der Waals surface area (Å²) in [6.45, 7) is 3.03. The maximum Gasteiger partial charge on any atom is 0.308 e. The standard InChI is InChI=1S/C22H21ClN2O5/c1-13(17-7-5-6-8-18(17)23)25-22(27)16(12-24)9-15-10-19(28-3)21(30-14(2)26)20(11-15)29-4/h5-11,13H,1-4H3,(H,25,27)/b16-9+/t13-/m0/s1. The van der Waals surface area contributed by atoms with Gasteiger partial charge in [-0.25, -0.2) is 0 Å². The number of benzene rings is 2. The highest BCUT2D eigenvalue weighted by atomic mass is 35.5. The Kier molecular flexibility index (Phi) is 7.84. The lowest BCUT2D eigenvalue weighted by molar-refractivity contribution is -0.132. The molecular weight excluding hydrogens is 408 g/mol. The molecule has 1 amide bonds. The van der Waals surface area contributed by atoms with Gasteiger partial charge in [0.05, 0.1) is 20.3 Å². The van der Waals surface area contributed by atoms with Gasteiger partial charge in [-0.3, -0.25) is 9.59 Å². The quantitative estimate of drug-likeness (QED) is 0.309. The van der Waals surface area contributed by atoms with Gasteiger partial charge in [0.2, 0.25) is 5.75 Å². The van der Waals surface area contributed by atoms with E-state index in [2.05, 4.69) is 5.32 Å². The Bertz CT molecular complexity index is 1000. The fourth-order valence-corrected chi connectivity index (χ4v) is 3.02. The number of halogens is 1. The molecule has 0 spiro atoms. The van der Waals surface area contributed by atoms with E-state index in [4.69, 9.17) is 25.8 Å². The molecule has 2 aromatic rings. The summed E-state index contributed by atoms with van der Waals surface area (Å²) in [6.07, 6.45) is 1.39. The van der Waals surface area contributed by atoms with E-state index in [1.165, 1.54) is 39.4 Å². The smallest absolute Gasteiger partial charge is 0.308 e. The van der Waals surface area contributed by atoms with E-state index < -0.39 is 17.9 Å². The van der Waals surface area contributed by atoms with Gasteiger partial charge in [-0.05, 0) is 42.3 Å². The molecule has 8 heteroatoms. The van der Waals surface area contributed by atoms with Crippen molar-refractivity contribution >= 4 is 29.6 Å². The molecule has 0 aliphatic carbocycles. The largest absolute Gasteiger partial charge is 0.493 e. The molecule has 2 rings (SSSR count). The number of nitriles is 1. The minimum atomic E-state index is -0.563. The van der Waals surface area contributed by atoms with Crippen molar-refractivity contribution in [2.24, 2.45) is 0 Å². The van der Waals surface area contributed by atoms with Crippen LogP contribution in [0.5, 0.6) is 17.2 Å². The lowest BCUT2D eigenvalue weighted by Crippen LogP contribution is -2.27. The number of amides is 1. The molecule has 0 fully saturated rings. The van der Waals surface area contributed by atoms with Crippen LogP contribution < -0.4 is 19.5 Å². The molecule has 0 radical (unpaired) electrons. The van der Waals surface area contributed by atoms with Crippen LogP contribution in [0.3, 0.4) is 0 Å². The molecular formula is C22H21ClN2O5. The molecule has 1 N–H and O–H groups in total. The van der Waals surface area contributed by atoms with E-state index in [1.807, 2.05) is 12.1 Å². The first-order chi connectivity index (χ1) is 14.3. The van der Waals surface area contributed by atoms with Gasteiger partial charge >= 0.3 is 5.97 Å². The molecule has 1 atom stereocenters. The highest BCUT2D eigenvalue weighted by Gasteiger charge is 2.18. The summed E-state index contributed by atoms with van der Waals surface area (Å²) in [5, 5.41) is 12.8. The van der Waals surface area contributed by atoms with Gasteiger partial charge in [0, 0.05) is 11.9 Å². The van der Waals surface area contributed by atoms with Crippen molar-refractivity contribution in [1.82, 2.24) is 5.32 Å². The second kappa shape index (κ2) is 10.3. The Morgan fingerprint density at radius 2 is 1.77 bits per heavy atom. The maximum atomic E-state index is 12.6. The first-order valence-electron chi connectivity index (χ1n) is 8.92. The second-order valence-corrected chi connectivity index (χ2v) is 6.64. The average Bonchev–Trinajstić information content (AvgIpc) is 2.72. The molecule has 0 aromatic heterocycles. The number of methoxy groups -OCH3 is 2. The molecule has 0 heterocycles. The lowest BCUT2D eigenvalue weighted by atomic mass is 10.1. The van der Waals surface area contributed by atoms with Crippen LogP contribution in [0.4, 0.5) is 0 Å². The molecule has 30 heavy (non-hydrogen) atoms. The molecule has 0 unspecified atom stereocenters. The van der Waals surface area contributed by atoms with E-state index in [1.54, 1.807) is 25.1 Å². The number of esters is 1. The normalized spacial score (nSPS) is 11.8. The zero-order valence-corrected chi connectivity index (χ0v) is 17.7. The Hall–Kier alpha value is -3.50. The lowest BCUT2D eigenvalue weighted by Gasteiger charge is -2.16. The summed E-state index contributed by atoms with van der Waals surface area (Å²) in [5.74, 6) is -0.553. The highest BCUT2D eigenvalue weighted by molar-refractivity contribution is 6.31. The van der Waals surface area contributed by atoms with Crippen molar-refractivity contribution < 1.29 is 23.8 Å². The van der Waals surface area contributed by atoms with Crippen LogP contribution in [0.15, 0.2) is 42.0 Å². The van der Waals surface area contributed by atoms with Crippen LogP contribution >= 0.6 is 11.6 Å². The topological polar surface area (TPSA) is 97.7 Å². The number of ether oxygens (including phenoxy) is 3. The van der Waals surface area contributed by atoms with Gasteiger partial charge in [-0.15, -0.1) is 0 Å².